The molecule has 0 fully saturated rings. The van der Waals surface area contributed by atoms with Crippen LogP contribution in [0.4, 0.5) is 0 Å². The van der Waals surface area contributed by atoms with Gasteiger partial charge in [-0.15, -0.1) is 0 Å². The Morgan fingerprint density at radius 2 is 1.84 bits per heavy atom. The molecule has 1 aromatic carbocycles. The Labute approximate surface area is 145 Å². The Bertz CT molecular complexity index is 1180. The maximum Gasteiger partial charge on any atom is 0.130 e. The van der Waals surface area contributed by atoms with Crippen LogP contribution in [0.1, 0.15) is 18.3 Å². The number of benzene rings is 1. The van der Waals surface area contributed by atoms with Crippen molar-refractivity contribution in [1.82, 2.24) is 14.1 Å². The summed E-state index contributed by atoms with van der Waals surface area (Å²) in [6.07, 6.45) is 0. The second-order valence-corrected chi connectivity index (χ2v) is 6.28. The number of nitrogens with zero attached hydrogens (tertiary/aromatic N) is 3. The minimum absolute atomic E-state index is 0.320. The smallest absolute Gasteiger partial charge is 0.130 e. The molecule has 0 spiro atoms. The van der Waals surface area contributed by atoms with Crippen molar-refractivity contribution in [3.8, 4) is 0 Å². The van der Waals surface area contributed by atoms with Gasteiger partial charge in [0.25, 0.3) is 0 Å². The minimum Gasteiger partial charge on any atom is -0.338 e. The van der Waals surface area contributed by atoms with Gasteiger partial charge in [-0.25, -0.2) is 0 Å². The first-order valence-electron chi connectivity index (χ1n) is 8.21. The highest BCUT2D eigenvalue weighted by molar-refractivity contribution is 5.90. The molecule has 4 rings (SSSR count). The standard InChI is InChI=1S/C20H19N5/c1-13-11-19-18(9-10-20(22)25(19)14(2)21)24(13)12-16-8-7-15-5-3-4-6-17(15)23-16/h3-11,21-22H,12H2,1-2H3. The number of rotatable bonds is 2. The van der Waals surface area contributed by atoms with E-state index < -0.39 is 0 Å². The molecule has 124 valence electrons. The van der Waals surface area contributed by atoms with E-state index in [-0.39, 0.29) is 0 Å². The van der Waals surface area contributed by atoms with Crippen LogP contribution in [0.5, 0.6) is 0 Å². The lowest BCUT2D eigenvalue weighted by Crippen LogP contribution is -2.24. The van der Waals surface area contributed by atoms with E-state index in [1.165, 1.54) is 0 Å². The van der Waals surface area contributed by atoms with E-state index in [0.717, 1.165) is 33.3 Å². The summed E-state index contributed by atoms with van der Waals surface area (Å²) in [4.78, 5) is 4.77. The van der Waals surface area contributed by atoms with Crippen molar-refractivity contribution in [2.75, 3.05) is 0 Å². The third-order valence-corrected chi connectivity index (χ3v) is 4.52. The van der Waals surface area contributed by atoms with Gasteiger partial charge in [0, 0.05) is 11.1 Å². The molecule has 0 amide bonds. The number of fused-ring (bicyclic) bond motifs is 2. The minimum atomic E-state index is 0.320. The Kier molecular flexibility index (Phi) is 3.50. The van der Waals surface area contributed by atoms with E-state index in [1.807, 2.05) is 37.3 Å². The molecular weight excluding hydrogens is 310 g/mol. The fourth-order valence-electron chi connectivity index (χ4n) is 3.32. The van der Waals surface area contributed by atoms with Crippen LogP contribution in [0.15, 0.2) is 54.6 Å². The number of aromatic nitrogens is 3. The summed E-state index contributed by atoms with van der Waals surface area (Å²) >= 11 is 0. The van der Waals surface area contributed by atoms with Crippen molar-refractivity contribution in [2.24, 2.45) is 0 Å². The fourth-order valence-corrected chi connectivity index (χ4v) is 3.32. The lowest BCUT2D eigenvalue weighted by molar-refractivity contribution is 0.783. The van der Waals surface area contributed by atoms with Crippen LogP contribution < -0.4 is 5.49 Å². The third-order valence-electron chi connectivity index (χ3n) is 4.52. The number of pyridine rings is 2. The molecule has 5 heteroatoms. The Morgan fingerprint density at radius 1 is 1.04 bits per heavy atom. The van der Waals surface area contributed by atoms with Crippen molar-refractivity contribution in [3.05, 3.63) is 71.5 Å². The van der Waals surface area contributed by atoms with Crippen LogP contribution in [0.2, 0.25) is 0 Å². The summed E-state index contributed by atoms with van der Waals surface area (Å²) < 4.78 is 3.85. The SMILES string of the molecule is CC(=N)n1c(=N)ccc2c1cc(C)n2Cc1ccc2ccccc2n1. The fraction of sp³-hybridized carbons (Fsp3) is 0.150. The molecule has 0 aliphatic rings. The number of hydrogen-bond acceptors (Lipinski definition) is 3. The molecule has 0 unspecified atom stereocenters. The van der Waals surface area contributed by atoms with E-state index >= 15 is 0 Å². The molecule has 25 heavy (non-hydrogen) atoms. The number of para-hydroxylation sites is 1. The molecular formula is C20H19N5. The van der Waals surface area contributed by atoms with Gasteiger partial charge in [0.2, 0.25) is 0 Å². The largest absolute Gasteiger partial charge is 0.338 e. The molecule has 0 radical (unpaired) electrons. The van der Waals surface area contributed by atoms with E-state index in [2.05, 4.69) is 22.8 Å². The highest BCUT2D eigenvalue weighted by Gasteiger charge is 2.11. The summed E-state index contributed by atoms with van der Waals surface area (Å²) in [5.74, 6) is 0.344. The van der Waals surface area contributed by atoms with Crippen molar-refractivity contribution >= 4 is 27.8 Å². The van der Waals surface area contributed by atoms with Gasteiger partial charge in [-0.1, -0.05) is 24.3 Å². The first kappa shape index (κ1) is 15.3. The lowest BCUT2D eigenvalue weighted by Gasteiger charge is -2.10. The summed E-state index contributed by atoms with van der Waals surface area (Å²) in [5, 5.41) is 17.2. The molecule has 3 aromatic heterocycles. The van der Waals surface area contributed by atoms with Crippen LogP contribution in [0, 0.1) is 17.7 Å². The average Bonchev–Trinajstić information content (AvgIpc) is 2.89. The van der Waals surface area contributed by atoms with Gasteiger partial charge in [0.1, 0.15) is 11.3 Å². The Morgan fingerprint density at radius 3 is 2.64 bits per heavy atom. The van der Waals surface area contributed by atoms with E-state index in [0.29, 0.717) is 17.9 Å². The van der Waals surface area contributed by atoms with E-state index in [9.17, 15) is 0 Å². The molecule has 5 nitrogen and oxygen atoms in total. The van der Waals surface area contributed by atoms with Crippen molar-refractivity contribution in [1.29, 1.82) is 10.8 Å². The summed E-state index contributed by atoms with van der Waals surface area (Å²) in [7, 11) is 0. The van der Waals surface area contributed by atoms with Crippen LogP contribution in [-0.2, 0) is 6.54 Å². The molecule has 2 N–H and O–H groups in total. The van der Waals surface area contributed by atoms with Gasteiger partial charge in [-0.2, -0.15) is 0 Å². The zero-order chi connectivity index (χ0) is 17.6. The molecule has 0 atom stereocenters. The van der Waals surface area contributed by atoms with Gasteiger partial charge >= 0.3 is 0 Å². The predicted octanol–water partition coefficient (Wildman–Crippen LogP) is 3.67. The first-order chi connectivity index (χ1) is 12.0. The van der Waals surface area contributed by atoms with Crippen LogP contribution >= 0.6 is 0 Å². The topological polar surface area (TPSA) is 70.5 Å². The van der Waals surface area contributed by atoms with Gasteiger partial charge in [0.05, 0.1) is 28.8 Å². The van der Waals surface area contributed by atoms with Crippen molar-refractivity contribution in [3.63, 3.8) is 0 Å². The van der Waals surface area contributed by atoms with Gasteiger partial charge < -0.3 is 4.57 Å². The summed E-state index contributed by atoms with van der Waals surface area (Å²) in [6, 6.07) is 18.0. The highest BCUT2D eigenvalue weighted by atomic mass is 15.1. The van der Waals surface area contributed by atoms with E-state index in [1.54, 1.807) is 17.6 Å². The van der Waals surface area contributed by atoms with Crippen LogP contribution in [0.3, 0.4) is 0 Å². The zero-order valence-electron chi connectivity index (χ0n) is 14.2. The summed E-state index contributed by atoms with van der Waals surface area (Å²) in [5.41, 5.74) is 5.29. The van der Waals surface area contributed by atoms with Crippen molar-refractivity contribution < 1.29 is 0 Å². The maximum absolute atomic E-state index is 8.07. The molecule has 0 saturated heterocycles. The Balaban J connectivity index is 1.86. The van der Waals surface area contributed by atoms with Gasteiger partial charge in [-0.05, 0) is 44.2 Å². The highest BCUT2D eigenvalue weighted by Crippen LogP contribution is 2.20. The summed E-state index contributed by atoms with van der Waals surface area (Å²) in [6.45, 7) is 4.41. The Hall–Kier alpha value is -3.21. The zero-order valence-corrected chi connectivity index (χ0v) is 14.2. The predicted molar refractivity (Wildman–Crippen MR) is 100 cm³/mol. The molecule has 4 aromatic rings. The maximum atomic E-state index is 8.07. The normalized spacial score (nSPS) is 11.3. The lowest BCUT2D eigenvalue weighted by atomic mass is 10.2. The van der Waals surface area contributed by atoms with Gasteiger partial charge in [-0.3, -0.25) is 20.4 Å². The molecule has 0 bridgehead atoms. The molecule has 0 aliphatic carbocycles. The van der Waals surface area contributed by atoms with Crippen LogP contribution in [-0.4, -0.2) is 20.0 Å². The molecule has 0 aliphatic heterocycles. The number of nitrogens with one attached hydrogen (secondary N) is 2. The van der Waals surface area contributed by atoms with Crippen molar-refractivity contribution in [2.45, 2.75) is 20.4 Å². The average molecular weight is 329 g/mol. The number of hydrogen-bond donors (Lipinski definition) is 2. The van der Waals surface area contributed by atoms with Crippen LogP contribution in [0.25, 0.3) is 21.9 Å². The van der Waals surface area contributed by atoms with Gasteiger partial charge in [0.15, 0.2) is 0 Å². The second-order valence-electron chi connectivity index (χ2n) is 6.28. The third kappa shape index (κ3) is 2.54. The first-order valence-corrected chi connectivity index (χ1v) is 8.21. The molecule has 0 saturated carbocycles. The van der Waals surface area contributed by atoms with E-state index in [4.69, 9.17) is 15.8 Å². The number of aryl methyl sites for hydroxylation is 1. The quantitative estimate of drug-likeness (QED) is 0.427. The molecule has 3 heterocycles. The second kappa shape index (κ2) is 5.70. The monoisotopic (exact) mass is 329 g/mol.